The van der Waals surface area contributed by atoms with Crippen LogP contribution in [0.5, 0.6) is 0 Å². The van der Waals surface area contributed by atoms with Gasteiger partial charge >= 0.3 is 0 Å². The maximum absolute atomic E-state index is 12.2. The van der Waals surface area contributed by atoms with E-state index in [1.807, 2.05) is 43.3 Å². The standard InChI is InChI=1S/C17H12BrClN2O/c1-11-3-2-4-12(7-11)8-14(19)15-9-17(22)21-10-13(18)5-6-16(21)20-15/h2-10H,1H3/b14-8-. The van der Waals surface area contributed by atoms with Crippen LogP contribution in [0.1, 0.15) is 16.8 Å². The van der Waals surface area contributed by atoms with Crippen molar-refractivity contribution in [1.82, 2.24) is 9.38 Å². The molecule has 110 valence electrons. The van der Waals surface area contributed by atoms with E-state index in [-0.39, 0.29) is 5.56 Å². The number of fused-ring (bicyclic) bond motifs is 1. The van der Waals surface area contributed by atoms with Crippen LogP contribution in [0.4, 0.5) is 0 Å². The Hall–Kier alpha value is -1.91. The van der Waals surface area contributed by atoms with Gasteiger partial charge in [0.15, 0.2) is 0 Å². The molecule has 0 fully saturated rings. The third-order valence-electron chi connectivity index (χ3n) is 3.20. The molecule has 0 unspecified atom stereocenters. The normalized spacial score (nSPS) is 11.9. The summed E-state index contributed by atoms with van der Waals surface area (Å²) < 4.78 is 2.29. The second-order valence-electron chi connectivity index (χ2n) is 4.96. The fourth-order valence-corrected chi connectivity index (χ4v) is 2.74. The van der Waals surface area contributed by atoms with Crippen LogP contribution in [0.3, 0.4) is 0 Å². The number of pyridine rings is 1. The van der Waals surface area contributed by atoms with Crippen molar-refractivity contribution >= 4 is 44.3 Å². The lowest BCUT2D eigenvalue weighted by atomic mass is 10.1. The first kappa shape index (κ1) is 15.0. The summed E-state index contributed by atoms with van der Waals surface area (Å²) >= 11 is 9.68. The molecule has 5 heteroatoms. The highest BCUT2D eigenvalue weighted by Crippen LogP contribution is 2.21. The van der Waals surface area contributed by atoms with Gasteiger partial charge in [0.2, 0.25) is 0 Å². The zero-order valence-corrected chi connectivity index (χ0v) is 14.1. The maximum Gasteiger partial charge on any atom is 0.258 e. The Morgan fingerprint density at radius 3 is 2.86 bits per heavy atom. The number of hydrogen-bond acceptors (Lipinski definition) is 2. The van der Waals surface area contributed by atoms with Crippen molar-refractivity contribution in [1.29, 1.82) is 0 Å². The monoisotopic (exact) mass is 374 g/mol. The Balaban J connectivity index is 2.10. The van der Waals surface area contributed by atoms with Gasteiger partial charge in [0, 0.05) is 16.7 Å². The van der Waals surface area contributed by atoms with Gasteiger partial charge < -0.3 is 0 Å². The van der Waals surface area contributed by atoms with E-state index < -0.39 is 0 Å². The largest absolute Gasteiger partial charge is 0.269 e. The van der Waals surface area contributed by atoms with Gasteiger partial charge in [0.25, 0.3) is 5.56 Å². The molecule has 0 amide bonds. The molecule has 0 saturated heterocycles. The molecule has 3 aromatic rings. The lowest BCUT2D eigenvalue weighted by molar-refractivity contribution is 1.03. The lowest BCUT2D eigenvalue weighted by Crippen LogP contribution is -2.14. The smallest absolute Gasteiger partial charge is 0.258 e. The van der Waals surface area contributed by atoms with Crippen molar-refractivity contribution in [2.24, 2.45) is 0 Å². The van der Waals surface area contributed by atoms with E-state index in [9.17, 15) is 4.79 Å². The summed E-state index contributed by atoms with van der Waals surface area (Å²) in [6, 6.07) is 13.0. The molecule has 0 atom stereocenters. The van der Waals surface area contributed by atoms with Gasteiger partial charge in [-0.25, -0.2) is 4.98 Å². The van der Waals surface area contributed by atoms with Gasteiger partial charge in [-0.1, -0.05) is 41.4 Å². The van der Waals surface area contributed by atoms with Gasteiger partial charge in [-0.3, -0.25) is 9.20 Å². The molecule has 0 aliphatic carbocycles. The van der Waals surface area contributed by atoms with Crippen LogP contribution in [0.25, 0.3) is 16.8 Å². The molecule has 2 heterocycles. The van der Waals surface area contributed by atoms with Gasteiger partial charge in [-0.15, -0.1) is 0 Å². The van der Waals surface area contributed by atoms with Crippen molar-refractivity contribution in [2.75, 3.05) is 0 Å². The van der Waals surface area contributed by atoms with Crippen LogP contribution in [-0.2, 0) is 0 Å². The predicted octanol–water partition coefficient (Wildman–Crippen LogP) is 4.50. The Bertz CT molecular complexity index is 947. The van der Waals surface area contributed by atoms with Crippen molar-refractivity contribution in [3.63, 3.8) is 0 Å². The summed E-state index contributed by atoms with van der Waals surface area (Å²) in [5, 5.41) is 0.438. The molecule has 3 rings (SSSR count). The molecule has 2 aromatic heterocycles. The summed E-state index contributed by atoms with van der Waals surface area (Å²) in [6.07, 6.45) is 3.50. The van der Waals surface area contributed by atoms with E-state index >= 15 is 0 Å². The fourth-order valence-electron chi connectivity index (χ4n) is 2.18. The minimum atomic E-state index is -0.169. The van der Waals surface area contributed by atoms with Crippen molar-refractivity contribution in [3.8, 4) is 0 Å². The van der Waals surface area contributed by atoms with E-state index in [0.717, 1.165) is 15.6 Å². The lowest BCUT2D eigenvalue weighted by Gasteiger charge is -2.04. The van der Waals surface area contributed by atoms with Crippen LogP contribution >= 0.6 is 27.5 Å². The third kappa shape index (κ3) is 3.13. The van der Waals surface area contributed by atoms with Gasteiger partial charge in [0.1, 0.15) is 5.65 Å². The summed E-state index contributed by atoms with van der Waals surface area (Å²) in [5.41, 5.74) is 2.98. The quantitative estimate of drug-likeness (QED) is 0.661. The number of aromatic nitrogens is 2. The van der Waals surface area contributed by atoms with E-state index in [1.165, 1.54) is 10.5 Å². The maximum atomic E-state index is 12.2. The number of hydrogen-bond donors (Lipinski definition) is 0. The van der Waals surface area contributed by atoms with Crippen LogP contribution in [0.2, 0.25) is 0 Å². The van der Waals surface area contributed by atoms with E-state index in [1.54, 1.807) is 12.3 Å². The van der Waals surface area contributed by atoms with Gasteiger partial charge in [0.05, 0.1) is 10.7 Å². The highest BCUT2D eigenvalue weighted by atomic mass is 79.9. The number of halogens is 2. The number of nitrogens with zero attached hydrogens (tertiary/aromatic N) is 2. The van der Waals surface area contributed by atoms with Crippen molar-refractivity contribution < 1.29 is 0 Å². The molecule has 0 aliphatic rings. The zero-order valence-electron chi connectivity index (χ0n) is 11.8. The predicted molar refractivity (Wildman–Crippen MR) is 94.1 cm³/mol. The first-order chi connectivity index (χ1) is 10.5. The molecule has 0 aliphatic heterocycles. The molecular weight excluding hydrogens is 364 g/mol. The average molecular weight is 376 g/mol. The number of benzene rings is 1. The highest BCUT2D eigenvalue weighted by Gasteiger charge is 2.06. The first-order valence-electron chi connectivity index (χ1n) is 6.66. The van der Waals surface area contributed by atoms with Crippen LogP contribution in [-0.4, -0.2) is 9.38 Å². The van der Waals surface area contributed by atoms with Gasteiger partial charge in [-0.2, -0.15) is 0 Å². The average Bonchev–Trinajstić information content (AvgIpc) is 2.48. The molecule has 0 spiro atoms. The zero-order chi connectivity index (χ0) is 15.7. The van der Waals surface area contributed by atoms with E-state index in [4.69, 9.17) is 11.6 Å². The SMILES string of the molecule is Cc1cccc(/C=C(\Cl)c2cc(=O)n3cc(Br)ccc3n2)c1. The molecule has 1 aromatic carbocycles. The summed E-state index contributed by atoms with van der Waals surface area (Å²) in [6.45, 7) is 2.02. The Morgan fingerprint density at radius 2 is 2.09 bits per heavy atom. The Labute approximate surface area is 141 Å². The Morgan fingerprint density at radius 1 is 1.27 bits per heavy atom. The first-order valence-corrected chi connectivity index (χ1v) is 7.83. The molecular formula is C17H12BrClN2O. The number of rotatable bonds is 2. The summed E-state index contributed by atoms with van der Waals surface area (Å²) in [4.78, 5) is 16.6. The minimum absolute atomic E-state index is 0.169. The van der Waals surface area contributed by atoms with Crippen molar-refractivity contribution in [3.05, 3.63) is 80.3 Å². The summed E-state index contributed by atoms with van der Waals surface area (Å²) in [5.74, 6) is 0. The molecule has 0 saturated carbocycles. The highest BCUT2D eigenvalue weighted by molar-refractivity contribution is 9.10. The second-order valence-corrected chi connectivity index (χ2v) is 6.28. The second kappa shape index (κ2) is 6.07. The van der Waals surface area contributed by atoms with Crippen LogP contribution in [0, 0.1) is 6.92 Å². The minimum Gasteiger partial charge on any atom is -0.269 e. The molecule has 0 radical (unpaired) electrons. The fraction of sp³-hybridized carbons (Fsp3) is 0.0588. The molecule has 22 heavy (non-hydrogen) atoms. The molecule has 3 nitrogen and oxygen atoms in total. The van der Waals surface area contributed by atoms with Crippen LogP contribution < -0.4 is 5.56 Å². The third-order valence-corrected chi connectivity index (χ3v) is 3.98. The van der Waals surface area contributed by atoms with E-state index in [2.05, 4.69) is 20.9 Å². The Kier molecular flexibility index (Phi) is 4.14. The summed E-state index contributed by atoms with van der Waals surface area (Å²) in [7, 11) is 0. The molecule has 0 N–H and O–H groups in total. The van der Waals surface area contributed by atoms with Crippen LogP contribution in [0.15, 0.2) is 57.9 Å². The topological polar surface area (TPSA) is 34.4 Å². The molecule has 0 bridgehead atoms. The van der Waals surface area contributed by atoms with Crippen molar-refractivity contribution in [2.45, 2.75) is 6.92 Å². The van der Waals surface area contributed by atoms with Gasteiger partial charge in [-0.05, 0) is 46.6 Å². The number of aryl methyl sites for hydroxylation is 1. The van der Waals surface area contributed by atoms with E-state index in [0.29, 0.717) is 16.4 Å².